The highest BCUT2D eigenvalue weighted by Gasteiger charge is 2.11. The molecule has 2 rings (SSSR count). The summed E-state index contributed by atoms with van der Waals surface area (Å²) in [6.07, 6.45) is 0. The van der Waals surface area contributed by atoms with Crippen molar-refractivity contribution in [2.45, 2.75) is 0 Å². The van der Waals surface area contributed by atoms with Crippen molar-refractivity contribution >= 4 is 27.3 Å². The highest BCUT2D eigenvalue weighted by molar-refractivity contribution is 9.10. The zero-order chi connectivity index (χ0) is 11.5. The predicted octanol–water partition coefficient (Wildman–Crippen LogP) is 3.59. The van der Waals surface area contributed by atoms with Crippen LogP contribution in [-0.2, 0) is 0 Å². The third-order valence-corrected chi connectivity index (χ3v) is 3.42. The molecule has 5 heteroatoms. The van der Waals surface area contributed by atoms with Gasteiger partial charge in [0.25, 0.3) is 0 Å². The molecule has 0 radical (unpaired) electrons. The van der Waals surface area contributed by atoms with E-state index in [1.54, 1.807) is 31.1 Å². The predicted molar refractivity (Wildman–Crippen MR) is 68.4 cm³/mol. The van der Waals surface area contributed by atoms with Gasteiger partial charge in [-0.05, 0) is 28.1 Å². The Kier molecular flexibility index (Phi) is 3.46. The first kappa shape index (κ1) is 11.4. The summed E-state index contributed by atoms with van der Waals surface area (Å²) < 4.78 is 11.4. The average molecular weight is 300 g/mol. The second kappa shape index (κ2) is 4.84. The van der Waals surface area contributed by atoms with Gasteiger partial charge in [0.1, 0.15) is 0 Å². The van der Waals surface area contributed by atoms with E-state index in [4.69, 9.17) is 9.47 Å². The van der Waals surface area contributed by atoms with Crippen LogP contribution in [0.3, 0.4) is 0 Å². The second-order valence-electron chi connectivity index (χ2n) is 3.06. The van der Waals surface area contributed by atoms with Crippen LogP contribution in [0.15, 0.2) is 27.5 Å². The quantitative estimate of drug-likeness (QED) is 0.868. The van der Waals surface area contributed by atoms with E-state index in [0.29, 0.717) is 11.5 Å². The summed E-state index contributed by atoms with van der Waals surface area (Å²) in [6, 6.07) is 3.80. The molecule has 1 aromatic carbocycles. The van der Waals surface area contributed by atoms with Crippen molar-refractivity contribution < 1.29 is 9.47 Å². The van der Waals surface area contributed by atoms with E-state index in [2.05, 4.69) is 20.9 Å². The van der Waals surface area contributed by atoms with E-state index in [9.17, 15) is 0 Å². The molecule has 0 amide bonds. The van der Waals surface area contributed by atoms with Crippen molar-refractivity contribution in [3.05, 3.63) is 27.5 Å². The minimum Gasteiger partial charge on any atom is -0.493 e. The van der Waals surface area contributed by atoms with Gasteiger partial charge >= 0.3 is 0 Å². The number of aromatic nitrogens is 1. The first-order valence-corrected chi connectivity index (χ1v) is 6.30. The minimum atomic E-state index is 0.702. The molecule has 0 fully saturated rings. The van der Waals surface area contributed by atoms with Crippen LogP contribution < -0.4 is 9.47 Å². The van der Waals surface area contributed by atoms with Crippen LogP contribution in [0, 0.1) is 0 Å². The molecule has 0 N–H and O–H groups in total. The molecule has 3 nitrogen and oxygen atoms in total. The summed E-state index contributed by atoms with van der Waals surface area (Å²) in [7, 11) is 3.24. The lowest BCUT2D eigenvalue weighted by atomic mass is 10.1. The van der Waals surface area contributed by atoms with Crippen LogP contribution in [0.5, 0.6) is 11.5 Å². The topological polar surface area (TPSA) is 31.4 Å². The number of rotatable bonds is 3. The molecule has 0 aliphatic carbocycles. The monoisotopic (exact) mass is 299 g/mol. The number of nitrogens with zero attached hydrogens (tertiary/aromatic N) is 1. The third-order valence-electron chi connectivity index (χ3n) is 2.18. The maximum Gasteiger partial charge on any atom is 0.161 e. The molecule has 0 spiro atoms. The summed E-state index contributed by atoms with van der Waals surface area (Å²) in [4.78, 5) is 4.27. The van der Waals surface area contributed by atoms with Crippen molar-refractivity contribution in [3.8, 4) is 22.8 Å². The van der Waals surface area contributed by atoms with Gasteiger partial charge in [-0.1, -0.05) is 0 Å². The Morgan fingerprint density at radius 1 is 1.19 bits per heavy atom. The largest absolute Gasteiger partial charge is 0.493 e. The fraction of sp³-hybridized carbons (Fsp3) is 0.182. The number of methoxy groups -OCH3 is 2. The first-order chi connectivity index (χ1) is 7.76. The molecular weight excluding hydrogens is 290 g/mol. The molecule has 0 saturated heterocycles. The Morgan fingerprint density at radius 2 is 1.88 bits per heavy atom. The normalized spacial score (nSPS) is 10.2. The Balaban J connectivity index is 2.55. The number of thiazole rings is 1. The van der Waals surface area contributed by atoms with E-state index in [0.717, 1.165) is 15.7 Å². The first-order valence-electron chi connectivity index (χ1n) is 4.56. The fourth-order valence-corrected chi connectivity index (χ4v) is 2.47. The minimum absolute atomic E-state index is 0.702. The van der Waals surface area contributed by atoms with Crippen molar-refractivity contribution in [3.63, 3.8) is 0 Å². The van der Waals surface area contributed by atoms with E-state index in [1.807, 2.05) is 17.5 Å². The number of hydrogen-bond donors (Lipinski definition) is 0. The molecule has 0 aliphatic rings. The summed E-state index contributed by atoms with van der Waals surface area (Å²) in [5.74, 6) is 1.40. The molecule has 1 heterocycles. The van der Waals surface area contributed by atoms with Gasteiger partial charge in [0.15, 0.2) is 11.5 Å². The summed E-state index contributed by atoms with van der Waals surface area (Å²) >= 11 is 5.06. The standard InChI is InChI=1S/C11H10BrNO2S/c1-14-10-3-7(9-5-16-6-13-9)8(12)4-11(10)15-2/h3-6H,1-2H3. The lowest BCUT2D eigenvalue weighted by Gasteiger charge is -2.10. The summed E-state index contributed by atoms with van der Waals surface area (Å²) in [6.45, 7) is 0. The van der Waals surface area contributed by atoms with Crippen molar-refractivity contribution in [1.29, 1.82) is 0 Å². The molecule has 0 bridgehead atoms. The highest BCUT2D eigenvalue weighted by atomic mass is 79.9. The van der Waals surface area contributed by atoms with E-state index < -0.39 is 0 Å². The van der Waals surface area contributed by atoms with Gasteiger partial charge in [-0.25, -0.2) is 4.98 Å². The Bertz CT molecular complexity index is 485. The molecule has 84 valence electrons. The molecule has 0 saturated carbocycles. The van der Waals surface area contributed by atoms with E-state index in [1.165, 1.54) is 0 Å². The SMILES string of the molecule is COc1cc(Br)c(-c2cscn2)cc1OC. The summed E-state index contributed by atoms with van der Waals surface area (Å²) in [5.41, 5.74) is 3.73. The Morgan fingerprint density at radius 3 is 2.44 bits per heavy atom. The van der Waals surface area contributed by atoms with Gasteiger partial charge in [0.05, 0.1) is 25.4 Å². The third kappa shape index (κ3) is 2.05. The van der Waals surface area contributed by atoms with Crippen LogP contribution in [0.25, 0.3) is 11.3 Å². The molecule has 0 aliphatic heterocycles. The highest BCUT2D eigenvalue weighted by Crippen LogP contribution is 2.38. The molecule has 1 aromatic heterocycles. The molecule has 2 aromatic rings. The van der Waals surface area contributed by atoms with Crippen LogP contribution >= 0.6 is 27.3 Å². The van der Waals surface area contributed by atoms with Crippen LogP contribution in [0.1, 0.15) is 0 Å². The van der Waals surface area contributed by atoms with Crippen LogP contribution in [0.2, 0.25) is 0 Å². The lowest BCUT2D eigenvalue weighted by molar-refractivity contribution is 0.355. The zero-order valence-electron chi connectivity index (χ0n) is 8.86. The van der Waals surface area contributed by atoms with Gasteiger partial charge in [0.2, 0.25) is 0 Å². The van der Waals surface area contributed by atoms with Gasteiger partial charge < -0.3 is 9.47 Å². The van der Waals surface area contributed by atoms with Crippen molar-refractivity contribution in [1.82, 2.24) is 4.98 Å². The molecule has 16 heavy (non-hydrogen) atoms. The number of hydrogen-bond acceptors (Lipinski definition) is 4. The Labute approximate surface area is 106 Å². The van der Waals surface area contributed by atoms with Crippen molar-refractivity contribution in [2.75, 3.05) is 14.2 Å². The van der Waals surface area contributed by atoms with Gasteiger partial charge in [-0.3, -0.25) is 0 Å². The second-order valence-corrected chi connectivity index (χ2v) is 4.63. The molecular formula is C11H10BrNO2S. The Hall–Kier alpha value is -1.07. The smallest absolute Gasteiger partial charge is 0.161 e. The lowest BCUT2D eigenvalue weighted by Crippen LogP contribution is -1.92. The van der Waals surface area contributed by atoms with E-state index in [-0.39, 0.29) is 0 Å². The maximum atomic E-state index is 5.26. The summed E-state index contributed by atoms with van der Waals surface area (Å²) in [5, 5.41) is 1.99. The van der Waals surface area contributed by atoms with E-state index >= 15 is 0 Å². The van der Waals surface area contributed by atoms with Crippen molar-refractivity contribution in [2.24, 2.45) is 0 Å². The number of benzene rings is 1. The number of halogens is 1. The van der Waals surface area contributed by atoms with Crippen LogP contribution in [0.4, 0.5) is 0 Å². The maximum absolute atomic E-state index is 5.26. The molecule has 0 unspecified atom stereocenters. The van der Waals surface area contributed by atoms with Crippen LogP contribution in [-0.4, -0.2) is 19.2 Å². The van der Waals surface area contributed by atoms with Gasteiger partial charge in [-0.2, -0.15) is 0 Å². The zero-order valence-corrected chi connectivity index (χ0v) is 11.3. The average Bonchev–Trinajstić information content (AvgIpc) is 2.82. The fourth-order valence-electron chi connectivity index (χ4n) is 1.40. The van der Waals surface area contributed by atoms with Gasteiger partial charge in [0, 0.05) is 15.4 Å². The molecule has 0 atom stereocenters. The number of ether oxygens (including phenoxy) is 2. The van der Waals surface area contributed by atoms with Gasteiger partial charge in [-0.15, -0.1) is 11.3 Å².